The summed E-state index contributed by atoms with van der Waals surface area (Å²) in [5.41, 5.74) is 5.09. The van der Waals surface area contributed by atoms with E-state index in [-0.39, 0.29) is 0 Å². The van der Waals surface area contributed by atoms with Gasteiger partial charge in [0.1, 0.15) is 0 Å². The summed E-state index contributed by atoms with van der Waals surface area (Å²) in [4.78, 5) is 4.62. The average molecular weight is 259 g/mol. The molecule has 0 N–H and O–H groups in total. The molecule has 0 aliphatic heterocycles. The van der Waals surface area contributed by atoms with E-state index in [2.05, 4.69) is 51.4 Å². The number of hydrogen-bond donors (Lipinski definition) is 0. The van der Waals surface area contributed by atoms with Crippen molar-refractivity contribution in [1.82, 2.24) is 4.98 Å². The van der Waals surface area contributed by atoms with Crippen LogP contribution in [0, 0.1) is 12.3 Å². The standard InChI is InChI=1S/C18H29N/c1-7-12-18(5,6)13-8-9-16-10-11-17(14(2)3)19-15(16)4/h10-11H,2,7-9,12-13H2,1,3-6H3. The Morgan fingerprint density at radius 1 is 1.26 bits per heavy atom. The highest BCUT2D eigenvalue weighted by Gasteiger charge is 2.16. The molecule has 0 fully saturated rings. The minimum atomic E-state index is 0.480. The Kier molecular flexibility index (Phi) is 5.78. The van der Waals surface area contributed by atoms with Gasteiger partial charge in [-0.3, -0.25) is 4.98 Å². The van der Waals surface area contributed by atoms with Gasteiger partial charge >= 0.3 is 0 Å². The maximum Gasteiger partial charge on any atom is 0.0656 e. The summed E-state index contributed by atoms with van der Waals surface area (Å²) in [6.07, 6.45) is 6.28. The van der Waals surface area contributed by atoms with Gasteiger partial charge in [-0.05, 0) is 62.1 Å². The third-order valence-corrected chi connectivity index (χ3v) is 3.86. The first kappa shape index (κ1) is 15.9. The number of rotatable bonds is 7. The van der Waals surface area contributed by atoms with Crippen LogP contribution in [0.4, 0.5) is 0 Å². The lowest BCUT2D eigenvalue weighted by molar-refractivity contribution is 0.296. The molecule has 0 saturated carbocycles. The average Bonchev–Trinajstić information content (AvgIpc) is 2.30. The lowest BCUT2D eigenvalue weighted by Gasteiger charge is -2.23. The number of allylic oxidation sites excluding steroid dienone is 1. The minimum Gasteiger partial charge on any atom is -0.253 e. The van der Waals surface area contributed by atoms with E-state index < -0.39 is 0 Å². The van der Waals surface area contributed by atoms with Crippen LogP contribution in [0.1, 0.15) is 70.3 Å². The molecule has 0 atom stereocenters. The smallest absolute Gasteiger partial charge is 0.0656 e. The summed E-state index contributed by atoms with van der Waals surface area (Å²) < 4.78 is 0. The molecule has 1 heterocycles. The second kappa shape index (κ2) is 6.88. The topological polar surface area (TPSA) is 12.9 Å². The molecule has 1 aromatic rings. The van der Waals surface area contributed by atoms with Gasteiger partial charge in [0.25, 0.3) is 0 Å². The molecule has 0 amide bonds. The Balaban J connectivity index is 2.57. The van der Waals surface area contributed by atoms with E-state index in [0.717, 1.165) is 23.4 Å². The summed E-state index contributed by atoms with van der Waals surface area (Å²) in [7, 11) is 0. The van der Waals surface area contributed by atoms with Crippen LogP contribution in [0.3, 0.4) is 0 Å². The lowest BCUT2D eigenvalue weighted by Crippen LogP contribution is -2.11. The second-order valence-corrected chi connectivity index (χ2v) is 6.49. The van der Waals surface area contributed by atoms with Gasteiger partial charge in [0.2, 0.25) is 0 Å². The zero-order valence-corrected chi connectivity index (χ0v) is 13.3. The lowest BCUT2D eigenvalue weighted by atomic mass is 9.82. The quantitative estimate of drug-likeness (QED) is 0.623. The van der Waals surface area contributed by atoms with Gasteiger partial charge in [-0.25, -0.2) is 0 Å². The predicted octanol–water partition coefficient (Wildman–Crippen LogP) is 5.57. The van der Waals surface area contributed by atoms with Crippen LogP contribution in [0.2, 0.25) is 0 Å². The Morgan fingerprint density at radius 2 is 1.95 bits per heavy atom. The van der Waals surface area contributed by atoms with Crippen LogP contribution in [0.25, 0.3) is 5.57 Å². The van der Waals surface area contributed by atoms with Gasteiger partial charge in [-0.15, -0.1) is 0 Å². The molecule has 1 rings (SSSR count). The van der Waals surface area contributed by atoms with Crippen molar-refractivity contribution in [3.05, 3.63) is 35.7 Å². The van der Waals surface area contributed by atoms with Crippen molar-refractivity contribution in [2.75, 3.05) is 0 Å². The summed E-state index contributed by atoms with van der Waals surface area (Å²) in [6.45, 7) is 15.1. The van der Waals surface area contributed by atoms with Gasteiger partial charge in [0, 0.05) is 5.69 Å². The van der Waals surface area contributed by atoms with Crippen LogP contribution in [-0.4, -0.2) is 4.98 Å². The number of aromatic nitrogens is 1. The van der Waals surface area contributed by atoms with E-state index in [1.54, 1.807) is 0 Å². The third-order valence-electron chi connectivity index (χ3n) is 3.86. The van der Waals surface area contributed by atoms with Gasteiger partial charge in [0.15, 0.2) is 0 Å². The second-order valence-electron chi connectivity index (χ2n) is 6.49. The van der Waals surface area contributed by atoms with E-state index >= 15 is 0 Å². The Hall–Kier alpha value is -1.11. The Bertz CT molecular complexity index is 429. The molecule has 1 aromatic heterocycles. The normalized spacial score (nSPS) is 11.6. The molecular weight excluding hydrogens is 230 g/mol. The first-order valence-electron chi connectivity index (χ1n) is 7.48. The van der Waals surface area contributed by atoms with Crippen LogP contribution in [0.5, 0.6) is 0 Å². The summed E-state index contributed by atoms with van der Waals surface area (Å²) >= 11 is 0. The fraction of sp³-hybridized carbons (Fsp3) is 0.611. The molecule has 0 aromatic carbocycles. The van der Waals surface area contributed by atoms with E-state index in [1.165, 1.54) is 31.2 Å². The van der Waals surface area contributed by atoms with E-state index in [4.69, 9.17) is 0 Å². The molecule has 0 bridgehead atoms. The minimum absolute atomic E-state index is 0.480. The number of pyridine rings is 1. The van der Waals surface area contributed by atoms with Gasteiger partial charge in [-0.1, -0.05) is 39.8 Å². The fourth-order valence-corrected chi connectivity index (χ4v) is 2.65. The molecule has 1 nitrogen and oxygen atoms in total. The van der Waals surface area contributed by atoms with Crippen molar-refractivity contribution in [2.24, 2.45) is 5.41 Å². The first-order valence-corrected chi connectivity index (χ1v) is 7.48. The fourth-order valence-electron chi connectivity index (χ4n) is 2.65. The SMILES string of the molecule is C=C(C)c1ccc(CCCC(C)(C)CCC)c(C)n1. The number of hydrogen-bond acceptors (Lipinski definition) is 1. The summed E-state index contributed by atoms with van der Waals surface area (Å²) in [5, 5.41) is 0. The zero-order chi connectivity index (χ0) is 14.5. The molecule has 0 saturated heterocycles. The third kappa shape index (κ3) is 5.18. The Morgan fingerprint density at radius 3 is 2.47 bits per heavy atom. The van der Waals surface area contributed by atoms with Crippen molar-refractivity contribution >= 4 is 5.57 Å². The maximum absolute atomic E-state index is 4.62. The highest BCUT2D eigenvalue weighted by molar-refractivity contribution is 5.58. The van der Waals surface area contributed by atoms with Crippen molar-refractivity contribution in [3.63, 3.8) is 0 Å². The molecule has 19 heavy (non-hydrogen) atoms. The van der Waals surface area contributed by atoms with Crippen LogP contribution >= 0.6 is 0 Å². The number of nitrogens with zero attached hydrogens (tertiary/aromatic N) is 1. The van der Waals surface area contributed by atoms with Gasteiger partial charge < -0.3 is 0 Å². The largest absolute Gasteiger partial charge is 0.253 e. The number of aryl methyl sites for hydroxylation is 2. The van der Waals surface area contributed by atoms with Crippen LogP contribution < -0.4 is 0 Å². The Labute approximate surface area is 119 Å². The molecule has 0 radical (unpaired) electrons. The molecule has 106 valence electrons. The van der Waals surface area contributed by atoms with E-state index in [1.807, 2.05) is 6.92 Å². The van der Waals surface area contributed by atoms with Gasteiger partial charge in [0.05, 0.1) is 5.69 Å². The molecule has 0 unspecified atom stereocenters. The van der Waals surface area contributed by atoms with Crippen LogP contribution in [0.15, 0.2) is 18.7 Å². The predicted molar refractivity (Wildman–Crippen MR) is 85.3 cm³/mol. The van der Waals surface area contributed by atoms with E-state index in [9.17, 15) is 0 Å². The van der Waals surface area contributed by atoms with Crippen molar-refractivity contribution in [1.29, 1.82) is 0 Å². The first-order chi connectivity index (χ1) is 8.85. The highest BCUT2D eigenvalue weighted by Crippen LogP contribution is 2.29. The molecule has 0 aliphatic carbocycles. The van der Waals surface area contributed by atoms with Crippen molar-refractivity contribution < 1.29 is 0 Å². The monoisotopic (exact) mass is 259 g/mol. The summed E-state index contributed by atoms with van der Waals surface area (Å²) in [6, 6.07) is 4.32. The van der Waals surface area contributed by atoms with Crippen molar-refractivity contribution in [2.45, 2.75) is 66.7 Å². The summed E-state index contributed by atoms with van der Waals surface area (Å²) in [5.74, 6) is 0. The molecule has 0 aliphatic rings. The van der Waals surface area contributed by atoms with Gasteiger partial charge in [-0.2, -0.15) is 0 Å². The molecule has 0 spiro atoms. The van der Waals surface area contributed by atoms with E-state index in [0.29, 0.717) is 5.41 Å². The molecular formula is C18H29N. The highest BCUT2D eigenvalue weighted by atomic mass is 14.7. The zero-order valence-electron chi connectivity index (χ0n) is 13.3. The van der Waals surface area contributed by atoms with Crippen molar-refractivity contribution in [3.8, 4) is 0 Å². The van der Waals surface area contributed by atoms with Crippen LogP contribution in [-0.2, 0) is 6.42 Å². The molecule has 1 heteroatoms. The maximum atomic E-state index is 4.62.